The molecule has 0 radical (unpaired) electrons. The molecule has 1 saturated carbocycles. The molecule has 0 aliphatic heterocycles. The van der Waals surface area contributed by atoms with Gasteiger partial charge in [0.15, 0.2) is 5.01 Å². The normalized spacial score (nSPS) is 15.9. The van der Waals surface area contributed by atoms with Crippen molar-refractivity contribution in [3.8, 4) is 0 Å². The van der Waals surface area contributed by atoms with Crippen LogP contribution in [0.1, 0.15) is 67.2 Å². The van der Waals surface area contributed by atoms with Gasteiger partial charge in [-0.25, -0.2) is 4.98 Å². The highest BCUT2D eigenvalue weighted by atomic mass is 32.1. The van der Waals surface area contributed by atoms with Crippen molar-refractivity contribution in [2.75, 3.05) is 0 Å². The Morgan fingerprint density at radius 2 is 1.66 bits per heavy atom. The number of para-hydroxylation sites is 1. The van der Waals surface area contributed by atoms with Gasteiger partial charge in [-0.2, -0.15) is 0 Å². The minimum absolute atomic E-state index is 0.185. The first-order valence-corrected chi connectivity index (χ1v) is 13.3. The summed E-state index contributed by atoms with van der Waals surface area (Å²) in [5.41, 5.74) is 1.88. The zero-order valence-electron chi connectivity index (χ0n) is 20.2. The zero-order valence-corrected chi connectivity index (χ0v) is 21.0. The van der Waals surface area contributed by atoms with E-state index in [1.807, 2.05) is 54.6 Å². The van der Waals surface area contributed by atoms with Crippen LogP contribution >= 0.6 is 11.3 Å². The highest BCUT2D eigenvalue weighted by Crippen LogP contribution is 2.28. The van der Waals surface area contributed by atoms with Crippen molar-refractivity contribution in [3.05, 3.63) is 65.2 Å². The summed E-state index contributed by atoms with van der Waals surface area (Å²) in [7, 11) is 0. The SMILES string of the molecule is CC(=O)N[C@@H](CC1CCCCC1)C(=O)NC(CCc1ccccc1)C(=O)c1nc2ccccc2s1. The molecule has 2 atom stereocenters. The van der Waals surface area contributed by atoms with Gasteiger partial charge in [0.1, 0.15) is 6.04 Å². The van der Waals surface area contributed by atoms with Crippen LogP contribution in [0.15, 0.2) is 54.6 Å². The highest BCUT2D eigenvalue weighted by Gasteiger charge is 2.30. The Kier molecular flexibility index (Phi) is 8.64. The number of thiazole rings is 1. The molecule has 4 rings (SSSR count). The molecule has 1 unspecified atom stereocenters. The monoisotopic (exact) mass is 491 g/mol. The van der Waals surface area contributed by atoms with Gasteiger partial charge >= 0.3 is 0 Å². The summed E-state index contributed by atoms with van der Waals surface area (Å²) in [4.78, 5) is 43.4. The van der Waals surface area contributed by atoms with E-state index in [2.05, 4.69) is 15.6 Å². The van der Waals surface area contributed by atoms with E-state index in [4.69, 9.17) is 0 Å². The van der Waals surface area contributed by atoms with Crippen LogP contribution in [0.5, 0.6) is 0 Å². The molecule has 3 aromatic rings. The first kappa shape index (κ1) is 25.0. The van der Waals surface area contributed by atoms with E-state index in [1.54, 1.807) is 0 Å². The maximum atomic E-state index is 13.6. The Balaban J connectivity index is 1.52. The Bertz CT molecular complexity index is 1120. The maximum Gasteiger partial charge on any atom is 0.243 e. The first-order chi connectivity index (χ1) is 17.0. The molecule has 2 N–H and O–H groups in total. The van der Waals surface area contributed by atoms with E-state index in [0.29, 0.717) is 30.2 Å². The fourth-order valence-electron chi connectivity index (χ4n) is 4.86. The lowest BCUT2D eigenvalue weighted by atomic mass is 9.84. The number of nitrogens with one attached hydrogen (secondary N) is 2. The second-order valence-corrected chi connectivity index (χ2v) is 10.5. The van der Waals surface area contributed by atoms with E-state index in [0.717, 1.165) is 41.5 Å². The van der Waals surface area contributed by atoms with Crippen molar-refractivity contribution < 1.29 is 14.4 Å². The minimum atomic E-state index is -0.717. The smallest absolute Gasteiger partial charge is 0.243 e. The number of Topliss-reactive ketones (excluding diaryl/α,β-unsaturated/α-hetero) is 1. The summed E-state index contributed by atoms with van der Waals surface area (Å²) >= 11 is 1.35. The van der Waals surface area contributed by atoms with Crippen LogP contribution in [0, 0.1) is 5.92 Å². The molecule has 1 aromatic heterocycles. The standard InChI is InChI=1S/C28H33N3O3S/c1-19(32)29-24(18-21-12-6-3-7-13-21)27(34)30-23(17-16-20-10-4-2-5-11-20)26(33)28-31-22-14-8-9-15-25(22)35-28/h2,4-5,8-11,14-15,21,23-24H,3,6-7,12-13,16-18H2,1H3,(H,29,32)(H,30,34)/t23?,24-/m0/s1. The molecule has 1 aliphatic rings. The average molecular weight is 492 g/mol. The topological polar surface area (TPSA) is 88.2 Å². The van der Waals surface area contributed by atoms with Gasteiger partial charge < -0.3 is 10.6 Å². The Labute approximate surface area is 210 Å². The molecule has 0 spiro atoms. The number of carbonyl (C=O) groups excluding carboxylic acids is 3. The van der Waals surface area contributed by atoms with Gasteiger partial charge in [0.05, 0.1) is 16.3 Å². The molecule has 35 heavy (non-hydrogen) atoms. The number of benzene rings is 2. The fourth-order valence-corrected chi connectivity index (χ4v) is 5.82. The van der Waals surface area contributed by atoms with Crippen LogP contribution in [0.25, 0.3) is 10.2 Å². The first-order valence-electron chi connectivity index (χ1n) is 12.5. The van der Waals surface area contributed by atoms with Crippen LogP contribution < -0.4 is 10.6 Å². The predicted molar refractivity (Wildman–Crippen MR) is 139 cm³/mol. The van der Waals surface area contributed by atoms with E-state index in [-0.39, 0.29) is 17.6 Å². The van der Waals surface area contributed by atoms with Gasteiger partial charge in [-0.05, 0) is 42.9 Å². The number of hydrogen-bond donors (Lipinski definition) is 2. The summed E-state index contributed by atoms with van der Waals surface area (Å²) in [5.74, 6) is -0.304. The van der Waals surface area contributed by atoms with Crippen molar-refractivity contribution in [3.63, 3.8) is 0 Å². The van der Waals surface area contributed by atoms with E-state index >= 15 is 0 Å². The Morgan fingerprint density at radius 1 is 0.943 bits per heavy atom. The van der Waals surface area contributed by atoms with Gasteiger partial charge in [0, 0.05) is 6.92 Å². The number of amides is 2. The number of fused-ring (bicyclic) bond motifs is 1. The number of aryl methyl sites for hydroxylation is 1. The second-order valence-electron chi connectivity index (χ2n) is 9.43. The number of carbonyl (C=O) groups is 3. The molecule has 0 bridgehead atoms. The van der Waals surface area contributed by atoms with Gasteiger partial charge in [0.2, 0.25) is 17.6 Å². The van der Waals surface area contributed by atoms with Crippen molar-refractivity contribution >= 4 is 39.2 Å². The fraction of sp³-hybridized carbons (Fsp3) is 0.429. The third kappa shape index (κ3) is 6.98. The summed E-state index contributed by atoms with van der Waals surface area (Å²) in [5, 5.41) is 6.22. The summed E-state index contributed by atoms with van der Waals surface area (Å²) in [6, 6.07) is 16.2. The summed E-state index contributed by atoms with van der Waals surface area (Å²) in [6.45, 7) is 1.43. The molecular formula is C28H33N3O3S. The van der Waals surface area contributed by atoms with Crippen molar-refractivity contribution in [1.82, 2.24) is 15.6 Å². The van der Waals surface area contributed by atoms with Crippen molar-refractivity contribution in [2.24, 2.45) is 5.92 Å². The molecule has 184 valence electrons. The zero-order chi connectivity index (χ0) is 24.6. The second kappa shape index (κ2) is 12.1. The number of nitrogens with zero attached hydrogens (tertiary/aromatic N) is 1. The van der Waals surface area contributed by atoms with Crippen LogP contribution in [0.2, 0.25) is 0 Å². The molecule has 0 saturated heterocycles. The van der Waals surface area contributed by atoms with E-state index in [9.17, 15) is 14.4 Å². The highest BCUT2D eigenvalue weighted by molar-refractivity contribution is 7.20. The molecular weight excluding hydrogens is 458 g/mol. The molecule has 2 aromatic carbocycles. The third-order valence-corrected chi connectivity index (χ3v) is 7.74. The van der Waals surface area contributed by atoms with Gasteiger partial charge in [-0.15, -0.1) is 11.3 Å². The summed E-state index contributed by atoms with van der Waals surface area (Å²) < 4.78 is 0.942. The maximum absolute atomic E-state index is 13.6. The van der Waals surface area contributed by atoms with Crippen LogP contribution in [-0.2, 0) is 16.0 Å². The van der Waals surface area contributed by atoms with E-state index in [1.165, 1.54) is 24.7 Å². The third-order valence-electron chi connectivity index (χ3n) is 6.69. The summed E-state index contributed by atoms with van der Waals surface area (Å²) in [6.07, 6.45) is 7.41. The number of hydrogen-bond acceptors (Lipinski definition) is 5. The van der Waals surface area contributed by atoms with Gasteiger partial charge in [-0.1, -0.05) is 74.6 Å². The molecule has 1 heterocycles. The number of rotatable bonds is 10. The van der Waals surface area contributed by atoms with Crippen LogP contribution in [0.4, 0.5) is 0 Å². The lowest BCUT2D eigenvalue weighted by Gasteiger charge is -2.27. The average Bonchev–Trinajstić information content (AvgIpc) is 3.31. The number of aromatic nitrogens is 1. The number of ketones is 1. The minimum Gasteiger partial charge on any atom is -0.345 e. The molecule has 1 fully saturated rings. The molecule has 1 aliphatic carbocycles. The Hall–Kier alpha value is -3.06. The van der Waals surface area contributed by atoms with Gasteiger partial charge in [0.25, 0.3) is 0 Å². The quantitative estimate of drug-likeness (QED) is 0.388. The van der Waals surface area contributed by atoms with Crippen molar-refractivity contribution in [1.29, 1.82) is 0 Å². The molecule has 7 heteroatoms. The lowest BCUT2D eigenvalue weighted by Crippen LogP contribution is -2.52. The lowest BCUT2D eigenvalue weighted by molar-refractivity contribution is -0.128. The molecule has 2 amide bonds. The largest absolute Gasteiger partial charge is 0.345 e. The van der Waals surface area contributed by atoms with Gasteiger partial charge in [-0.3, -0.25) is 14.4 Å². The van der Waals surface area contributed by atoms with Crippen LogP contribution in [-0.4, -0.2) is 34.7 Å². The molecule has 6 nitrogen and oxygen atoms in total. The van der Waals surface area contributed by atoms with E-state index < -0.39 is 12.1 Å². The Morgan fingerprint density at radius 3 is 2.37 bits per heavy atom. The van der Waals surface area contributed by atoms with Crippen LogP contribution in [0.3, 0.4) is 0 Å². The van der Waals surface area contributed by atoms with Crippen molar-refractivity contribution in [2.45, 2.75) is 70.4 Å². The predicted octanol–water partition coefficient (Wildman–Crippen LogP) is 5.07.